The van der Waals surface area contributed by atoms with E-state index in [1.807, 2.05) is 6.92 Å². The largest absolute Gasteiger partial charge is 0.417 e. The Labute approximate surface area is 185 Å². The highest BCUT2D eigenvalue weighted by Crippen LogP contribution is 2.38. The van der Waals surface area contributed by atoms with Crippen LogP contribution in [0.1, 0.15) is 45.1 Å². The molecule has 0 saturated heterocycles. The first kappa shape index (κ1) is 22.0. The van der Waals surface area contributed by atoms with Crippen LogP contribution in [0.15, 0.2) is 48.8 Å². The molecule has 32 heavy (non-hydrogen) atoms. The first-order valence-electron chi connectivity index (χ1n) is 9.59. The second kappa shape index (κ2) is 8.05. The van der Waals surface area contributed by atoms with E-state index in [2.05, 4.69) is 4.98 Å². The molecule has 0 fully saturated rings. The number of rotatable bonds is 4. The molecule has 3 aromatic rings. The summed E-state index contributed by atoms with van der Waals surface area (Å²) >= 11 is 5.83. The molecule has 5 nitrogen and oxygen atoms in total. The minimum Gasteiger partial charge on any atom is -0.339 e. The van der Waals surface area contributed by atoms with Crippen LogP contribution >= 0.6 is 11.6 Å². The average molecular weight is 466 g/mol. The first-order valence-corrected chi connectivity index (χ1v) is 9.97. The van der Waals surface area contributed by atoms with Gasteiger partial charge in [0, 0.05) is 43.2 Å². The Bertz CT molecular complexity index is 1220. The SMILES string of the molecule is C[C@H]1CN(c2ccc(C(F)(F)F)c(Cl)c2)C(=O)c2c(CC(=O)c3cc(F)ccn3)ccn21. The number of alkyl halides is 3. The highest BCUT2D eigenvalue weighted by Gasteiger charge is 2.36. The molecule has 4 rings (SSSR count). The maximum Gasteiger partial charge on any atom is 0.417 e. The summed E-state index contributed by atoms with van der Waals surface area (Å²) < 4.78 is 54.2. The summed E-state index contributed by atoms with van der Waals surface area (Å²) in [6, 6.07) is 6.70. The fraction of sp³-hybridized carbons (Fsp3) is 0.227. The number of carbonyl (C=O) groups is 2. The van der Waals surface area contributed by atoms with Gasteiger partial charge in [-0.1, -0.05) is 11.6 Å². The maximum absolute atomic E-state index is 13.4. The van der Waals surface area contributed by atoms with Crippen LogP contribution in [0.5, 0.6) is 0 Å². The molecular weight excluding hydrogens is 450 g/mol. The van der Waals surface area contributed by atoms with Crippen LogP contribution in [0.4, 0.5) is 23.2 Å². The van der Waals surface area contributed by atoms with Crippen molar-refractivity contribution in [1.29, 1.82) is 0 Å². The molecule has 0 bridgehead atoms. The zero-order chi connectivity index (χ0) is 23.2. The summed E-state index contributed by atoms with van der Waals surface area (Å²) in [5, 5.41) is -0.510. The van der Waals surface area contributed by atoms with E-state index in [0.29, 0.717) is 5.56 Å². The van der Waals surface area contributed by atoms with Crippen molar-refractivity contribution in [2.45, 2.75) is 25.6 Å². The number of Topliss-reactive ketones (excluding diaryl/α,β-unsaturated/α-hetero) is 1. The maximum atomic E-state index is 13.4. The van der Waals surface area contributed by atoms with Crippen molar-refractivity contribution in [2.24, 2.45) is 0 Å². The summed E-state index contributed by atoms with van der Waals surface area (Å²) in [6.45, 7) is 2.05. The van der Waals surface area contributed by atoms with Crippen molar-refractivity contribution in [3.8, 4) is 0 Å². The molecule has 0 unspecified atom stereocenters. The number of anilines is 1. The van der Waals surface area contributed by atoms with Gasteiger partial charge in [0.1, 0.15) is 17.2 Å². The summed E-state index contributed by atoms with van der Waals surface area (Å²) in [5.41, 5.74) is -0.174. The number of ketones is 1. The van der Waals surface area contributed by atoms with E-state index in [-0.39, 0.29) is 36.1 Å². The van der Waals surface area contributed by atoms with E-state index < -0.39 is 34.3 Å². The number of nitrogens with zero attached hydrogens (tertiary/aromatic N) is 3. The lowest BCUT2D eigenvalue weighted by Gasteiger charge is -2.33. The zero-order valence-electron chi connectivity index (χ0n) is 16.7. The molecule has 0 saturated carbocycles. The molecule has 10 heteroatoms. The van der Waals surface area contributed by atoms with Crippen LogP contribution in [0.2, 0.25) is 5.02 Å². The second-order valence-corrected chi connectivity index (χ2v) is 7.89. The Hall–Kier alpha value is -3.20. The van der Waals surface area contributed by atoms with E-state index in [0.717, 1.165) is 24.3 Å². The van der Waals surface area contributed by atoms with Gasteiger partial charge in [0.15, 0.2) is 5.78 Å². The quantitative estimate of drug-likeness (QED) is 0.386. The van der Waals surface area contributed by atoms with Crippen LogP contribution in [0, 0.1) is 5.82 Å². The highest BCUT2D eigenvalue weighted by atomic mass is 35.5. The number of benzene rings is 1. The molecular formula is C22H16ClF4N3O2. The third-order valence-electron chi connectivity index (χ3n) is 5.30. The van der Waals surface area contributed by atoms with E-state index in [4.69, 9.17) is 11.6 Å². The van der Waals surface area contributed by atoms with Crippen LogP contribution in [-0.2, 0) is 12.6 Å². The number of aromatic nitrogens is 2. The summed E-state index contributed by atoms with van der Waals surface area (Å²) in [5.74, 6) is -1.54. The Balaban J connectivity index is 1.66. The number of hydrogen-bond donors (Lipinski definition) is 0. The molecule has 1 amide bonds. The van der Waals surface area contributed by atoms with Crippen molar-refractivity contribution >= 4 is 29.0 Å². The predicted molar refractivity (Wildman–Crippen MR) is 110 cm³/mol. The number of pyridine rings is 1. The van der Waals surface area contributed by atoms with Gasteiger partial charge in [0.2, 0.25) is 0 Å². The lowest BCUT2D eigenvalue weighted by atomic mass is 10.0. The third kappa shape index (κ3) is 4.00. The van der Waals surface area contributed by atoms with Gasteiger partial charge in [0.25, 0.3) is 5.91 Å². The monoisotopic (exact) mass is 465 g/mol. The molecule has 1 aliphatic rings. The van der Waals surface area contributed by atoms with Crippen LogP contribution < -0.4 is 4.90 Å². The zero-order valence-corrected chi connectivity index (χ0v) is 17.4. The van der Waals surface area contributed by atoms with E-state index in [9.17, 15) is 27.2 Å². The van der Waals surface area contributed by atoms with Crippen molar-refractivity contribution in [3.05, 3.63) is 82.1 Å². The predicted octanol–water partition coefficient (Wildman–Crippen LogP) is 5.34. The highest BCUT2D eigenvalue weighted by molar-refractivity contribution is 6.31. The number of amides is 1. The van der Waals surface area contributed by atoms with Gasteiger partial charge < -0.3 is 9.47 Å². The summed E-state index contributed by atoms with van der Waals surface area (Å²) in [6.07, 6.45) is -1.93. The Kier molecular flexibility index (Phi) is 5.54. The standard InChI is InChI=1S/C22H16ClF4N3O2/c1-12-11-30(15-2-3-16(17(23)10-15)22(25,26)27)21(32)20-13(5-7-29(12)20)8-19(31)18-9-14(24)4-6-28-18/h2-7,9-10,12H,8,11H2,1H3/t12-/m0/s1. The number of halogens is 5. The molecule has 1 atom stereocenters. The van der Waals surface area contributed by atoms with Gasteiger partial charge in [-0.25, -0.2) is 4.39 Å². The van der Waals surface area contributed by atoms with E-state index >= 15 is 0 Å². The number of carbonyl (C=O) groups excluding carboxylic acids is 2. The van der Waals surface area contributed by atoms with Gasteiger partial charge in [-0.2, -0.15) is 13.2 Å². The Morgan fingerprint density at radius 1 is 1.22 bits per heavy atom. The lowest BCUT2D eigenvalue weighted by Crippen LogP contribution is -2.42. The molecule has 2 aromatic heterocycles. The average Bonchev–Trinajstić information content (AvgIpc) is 3.14. The molecule has 0 spiro atoms. The Morgan fingerprint density at radius 3 is 2.62 bits per heavy atom. The fourth-order valence-corrected chi connectivity index (χ4v) is 4.04. The first-order chi connectivity index (χ1) is 15.1. The van der Waals surface area contributed by atoms with Crippen molar-refractivity contribution in [3.63, 3.8) is 0 Å². The smallest absolute Gasteiger partial charge is 0.339 e. The second-order valence-electron chi connectivity index (χ2n) is 7.48. The Morgan fingerprint density at radius 2 is 1.97 bits per heavy atom. The van der Waals surface area contributed by atoms with Crippen molar-refractivity contribution < 1.29 is 27.2 Å². The van der Waals surface area contributed by atoms with Gasteiger partial charge in [-0.05, 0) is 42.8 Å². The molecule has 3 heterocycles. The van der Waals surface area contributed by atoms with Crippen LogP contribution in [0.25, 0.3) is 0 Å². The van der Waals surface area contributed by atoms with Gasteiger partial charge in [0.05, 0.1) is 10.6 Å². The fourth-order valence-electron chi connectivity index (χ4n) is 3.76. The van der Waals surface area contributed by atoms with E-state index in [1.165, 1.54) is 17.2 Å². The van der Waals surface area contributed by atoms with Crippen LogP contribution in [0.3, 0.4) is 0 Å². The summed E-state index contributed by atoms with van der Waals surface area (Å²) in [7, 11) is 0. The molecule has 0 radical (unpaired) electrons. The van der Waals surface area contributed by atoms with Gasteiger partial charge in [-0.3, -0.25) is 14.6 Å². The molecule has 166 valence electrons. The molecule has 1 aromatic carbocycles. The van der Waals surface area contributed by atoms with Crippen molar-refractivity contribution in [1.82, 2.24) is 9.55 Å². The number of fused-ring (bicyclic) bond motifs is 1. The van der Waals surface area contributed by atoms with Crippen LogP contribution in [-0.4, -0.2) is 27.8 Å². The van der Waals surface area contributed by atoms with Gasteiger partial charge >= 0.3 is 6.18 Å². The lowest BCUT2D eigenvalue weighted by molar-refractivity contribution is -0.137. The van der Waals surface area contributed by atoms with Gasteiger partial charge in [-0.15, -0.1) is 0 Å². The minimum absolute atomic E-state index is 0.0624. The minimum atomic E-state index is -4.61. The normalized spacial score (nSPS) is 16.2. The molecule has 1 aliphatic heterocycles. The topological polar surface area (TPSA) is 55.2 Å². The molecule has 0 aliphatic carbocycles. The van der Waals surface area contributed by atoms with Crippen molar-refractivity contribution in [2.75, 3.05) is 11.4 Å². The van der Waals surface area contributed by atoms with E-state index in [1.54, 1.807) is 16.8 Å². The molecule has 0 N–H and O–H groups in total. The number of hydrogen-bond acceptors (Lipinski definition) is 3. The third-order valence-corrected chi connectivity index (χ3v) is 5.61. The summed E-state index contributed by atoms with van der Waals surface area (Å²) in [4.78, 5) is 31.0.